The van der Waals surface area contributed by atoms with Crippen molar-refractivity contribution < 1.29 is 4.92 Å². The van der Waals surface area contributed by atoms with E-state index in [-0.39, 0.29) is 11.5 Å². The van der Waals surface area contributed by atoms with Crippen LogP contribution in [-0.4, -0.2) is 9.91 Å². The van der Waals surface area contributed by atoms with Crippen LogP contribution in [0.5, 0.6) is 0 Å². The maximum absolute atomic E-state index is 10.6. The van der Waals surface area contributed by atoms with Crippen molar-refractivity contribution in [3.05, 3.63) is 50.5 Å². The number of rotatable bonds is 3. The Kier molecular flexibility index (Phi) is 4.14. The van der Waals surface area contributed by atoms with Gasteiger partial charge in [-0.3, -0.25) is 10.1 Å². The van der Waals surface area contributed by atoms with Gasteiger partial charge in [-0.15, -0.1) is 0 Å². The molecule has 1 aromatic carbocycles. The van der Waals surface area contributed by atoms with Crippen LogP contribution in [0.15, 0.2) is 40.3 Å². The molecule has 0 bridgehead atoms. The highest BCUT2D eigenvalue weighted by molar-refractivity contribution is 7.99. The highest BCUT2D eigenvalue weighted by atomic mass is 35.5. The summed E-state index contributed by atoms with van der Waals surface area (Å²) < 4.78 is 0. The second-order valence-corrected chi connectivity index (χ2v) is 5.39. The first kappa shape index (κ1) is 13.9. The van der Waals surface area contributed by atoms with Crippen LogP contribution in [0.1, 0.15) is 0 Å². The molecule has 0 spiro atoms. The molecule has 8 heteroatoms. The third-order valence-corrected chi connectivity index (χ3v) is 3.85. The van der Waals surface area contributed by atoms with Crippen LogP contribution >= 0.6 is 35.0 Å². The van der Waals surface area contributed by atoms with Crippen LogP contribution in [-0.2, 0) is 0 Å². The van der Waals surface area contributed by atoms with Gasteiger partial charge in [-0.25, -0.2) is 4.98 Å². The molecule has 0 unspecified atom stereocenters. The Morgan fingerprint density at radius 1 is 1.26 bits per heavy atom. The smallest absolute Gasteiger partial charge is 0.311 e. The van der Waals surface area contributed by atoms with Crippen molar-refractivity contribution in [3.63, 3.8) is 0 Å². The van der Waals surface area contributed by atoms with Crippen molar-refractivity contribution in [2.24, 2.45) is 0 Å². The van der Waals surface area contributed by atoms with Gasteiger partial charge in [0, 0.05) is 16.0 Å². The third-order valence-electron chi connectivity index (χ3n) is 2.18. The Morgan fingerprint density at radius 2 is 2.00 bits per heavy atom. The van der Waals surface area contributed by atoms with Crippen LogP contribution in [0.3, 0.4) is 0 Å². The normalized spacial score (nSPS) is 10.4. The zero-order valence-corrected chi connectivity index (χ0v) is 11.7. The van der Waals surface area contributed by atoms with Crippen molar-refractivity contribution in [3.8, 4) is 0 Å². The molecule has 1 aromatic heterocycles. The summed E-state index contributed by atoms with van der Waals surface area (Å²) >= 11 is 13.1. The quantitative estimate of drug-likeness (QED) is 0.683. The minimum absolute atomic E-state index is 0.131. The average molecular weight is 316 g/mol. The molecule has 0 aliphatic heterocycles. The molecule has 0 saturated heterocycles. The number of hydrogen-bond acceptors (Lipinski definition) is 5. The molecule has 0 atom stereocenters. The van der Waals surface area contributed by atoms with Crippen molar-refractivity contribution in [1.82, 2.24) is 4.98 Å². The molecular formula is C11H7Cl2N3O2S. The van der Waals surface area contributed by atoms with E-state index in [0.717, 1.165) is 0 Å². The zero-order chi connectivity index (χ0) is 14.0. The van der Waals surface area contributed by atoms with Gasteiger partial charge >= 0.3 is 5.69 Å². The SMILES string of the molecule is Nc1nc(Sc2cc(Cl)ccc2Cl)ccc1[N+](=O)[O-]. The lowest BCUT2D eigenvalue weighted by Crippen LogP contribution is -1.98. The summed E-state index contributed by atoms with van der Waals surface area (Å²) in [5.41, 5.74) is 5.30. The minimum Gasteiger partial charge on any atom is -0.378 e. The van der Waals surface area contributed by atoms with Gasteiger partial charge in [0.25, 0.3) is 0 Å². The molecule has 0 fully saturated rings. The first-order valence-electron chi connectivity index (χ1n) is 5.01. The fourth-order valence-electron chi connectivity index (χ4n) is 1.33. The van der Waals surface area contributed by atoms with Gasteiger partial charge in [0.1, 0.15) is 5.03 Å². The van der Waals surface area contributed by atoms with E-state index < -0.39 is 4.92 Å². The molecule has 2 N–H and O–H groups in total. The van der Waals surface area contributed by atoms with Crippen molar-refractivity contribution in [2.75, 3.05) is 5.73 Å². The number of hydrogen-bond donors (Lipinski definition) is 1. The van der Waals surface area contributed by atoms with Gasteiger partial charge < -0.3 is 5.73 Å². The van der Waals surface area contributed by atoms with Crippen LogP contribution < -0.4 is 5.73 Å². The highest BCUT2D eigenvalue weighted by Crippen LogP contribution is 2.35. The number of anilines is 1. The zero-order valence-electron chi connectivity index (χ0n) is 9.34. The fraction of sp³-hybridized carbons (Fsp3) is 0. The van der Waals surface area contributed by atoms with Gasteiger partial charge in [-0.1, -0.05) is 35.0 Å². The largest absolute Gasteiger partial charge is 0.378 e. The Bertz CT molecular complexity index is 652. The monoisotopic (exact) mass is 315 g/mol. The maximum atomic E-state index is 10.6. The van der Waals surface area contributed by atoms with Crippen molar-refractivity contribution >= 4 is 46.5 Å². The van der Waals surface area contributed by atoms with E-state index in [1.807, 2.05) is 0 Å². The first-order valence-corrected chi connectivity index (χ1v) is 6.58. The Labute approximate surface area is 122 Å². The summed E-state index contributed by atoms with van der Waals surface area (Å²) in [7, 11) is 0. The van der Waals surface area contributed by atoms with Gasteiger partial charge in [0.05, 0.1) is 9.95 Å². The number of nitrogens with zero attached hydrogens (tertiary/aromatic N) is 2. The summed E-state index contributed by atoms with van der Waals surface area (Å²) in [6.07, 6.45) is 0. The molecule has 2 rings (SSSR count). The summed E-state index contributed by atoms with van der Waals surface area (Å²) in [6.45, 7) is 0. The van der Waals surface area contributed by atoms with E-state index in [2.05, 4.69) is 4.98 Å². The number of benzene rings is 1. The topological polar surface area (TPSA) is 82.0 Å². The molecule has 19 heavy (non-hydrogen) atoms. The number of aromatic nitrogens is 1. The summed E-state index contributed by atoms with van der Waals surface area (Å²) in [6, 6.07) is 7.85. The summed E-state index contributed by atoms with van der Waals surface area (Å²) in [4.78, 5) is 14.7. The van der Waals surface area contributed by atoms with E-state index in [1.54, 1.807) is 18.2 Å². The molecular weight excluding hydrogens is 309 g/mol. The molecule has 0 amide bonds. The van der Waals surface area contributed by atoms with Crippen LogP contribution in [0, 0.1) is 10.1 Å². The number of nitrogens with two attached hydrogens (primary N) is 1. The highest BCUT2D eigenvalue weighted by Gasteiger charge is 2.14. The summed E-state index contributed by atoms with van der Waals surface area (Å²) in [5, 5.41) is 12.2. The number of nitro groups is 1. The second-order valence-electron chi connectivity index (χ2n) is 3.49. The van der Waals surface area contributed by atoms with Crippen LogP contribution in [0.2, 0.25) is 10.0 Å². The predicted octanol–water partition coefficient (Wildman–Crippen LogP) is 4.03. The number of nitrogen functional groups attached to an aromatic ring is 1. The molecule has 0 aliphatic rings. The van der Waals surface area contributed by atoms with Gasteiger partial charge in [-0.2, -0.15) is 0 Å². The first-order chi connectivity index (χ1) is 8.97. The van der Waals surface area contributed by atoms with E-state index >= 15 is 0 Å². The van der Waals surface area contributed by atoms with Gasteiger partial charge in [0.15, 0.2) is 0 Å². The molecule has 5 nitrogen and oxygen atoms in total. The standard InChI is InChI=1S/C11H7Cl2N3O2S/c12-6-1-2-7(13)9(5-6)19-10-4-3-8(16(17)18)11(14)15-10/h1-5H,(H2,14,15). The average Bonchev–Trinajstić information content (AvgIpc) is 2.33. The molecule has 2 aromatic rings. The maximum Gasteiger partial charge on any atom is 0.311 e. The minimum atomic E-state index is -0.580. The van der Waals surface area contributed by atoms with Crippen LogP contribution in [0.4, 0.5) is 11.5 Å². The Morgan fingerprint density at radius 3 is 2.63 bits per heavy atom. The van der Waals surface area contributed by atoms with E-state index in [1.165, 1.54) is 23.9 Å². The van der Waals surface area contributed by atoms with Crippen molar-refractivity contribution in [1.29, 1.82) is 0 Å². The van der Waals surface area contributed by atoms with E-state index in [0.29, 0.717) is 20.0 Å². The predicted molar refractivity (Wildman–Crippen MR) is 75.9 cm³/mol. The molecule has 0 saturated carbocycles. The number of halogens is 2. The Hall–Kier alpha value is -1.50. The lowest BCUT2D eigenvalue weighted by molar-refractivity contribution is -0.384. The number of pyridine rings is 1. The van der Waals surface area contributed by atoms with E-state index in [9.17, 15) is 10.1 Å². The van der Waals surface area contributed by atoms with Crippen LogP contribution in [0.25, 0.3) is 0 Å². The van der Waals surface area contributed by atoms with E-state index in [4.69, 9.17) is 28.9 Å². The van der Waals surface area contributed by atoms with Crippen molar-refractivity contribution in [2.45, 2.75) is 9.92 Å². The Balaban J connectivity index is 2.31. The molecule has 98 valence electrons. The lowest BCUT2D eigenvalue weighted by atomic mass is 10.4. The lowest BCUT2D eigenvalue weighted by Gasteiger charge is -2.05. The molecule has 0 aliphatic carbocycles. The van der Waals surface area contributed by atoms with Gasteiger partial charge in [-0.05, 0) is 24.3 Å². The molecule has 0 radical (unpaired) electrons. The third kappa shape index (κ3) is 3.28. The molecule has 1 heterocycles. The summed E-state index contributed by atoms with van der Waals surface area (Å²) in [5.74, 6) is -0.131. The van der Waals surface area contributed by atoms with Gasteiger partial charge in [0.2, 0.25) is 5.82 Å². The fourth-order valence-corrected chi connectivity index (χ4v) is 2.66. The second kappa shape index (κ2) is 5.64.